The molecule has 0 spiro atoms. The number of rotatable bonds is 6. The lowest BCUT2D eigenvalue weighted by Crippen LogP contribution is -2.51. The molecule has 2 aromatic carbocycles. The fourth-order valence-electron chi connectivity index (χ4n) is 7.05. The van der Waals surface area contributed by atoms with Crippen molar-refractivity contribution in [2.75, 3.05) is 31.6 Å². The molecule has 9 nitrogen and oxygen atoms in total. The van der Waals surface area contributed by atoms with E-state index in [2.05, 4.69) is 10.3 Å². The van der Waals surface area contributed by atoms with Gasteiger partial charge in [0.05, 0.1) is 30.3 Å². The number of aromatic amines is 1. The number of carboxylic acids is 1. The number of morpholine rings is 1. The van der Waals surface area contributed by atoms with Crippen LogP contribution in [0.3, 0.4) is 0 Å². The fraction of sp³-hybridized carbons (Fsp3) is 0.375. The molecular weight excluding hydrogens is 556 g/mol. The second-order valence-corrected chi connectivity index (χ2v) is 11.7. The minimum Gasteiger partial charge on any atom is -0.481 e. The number of fused-ring (bicyclic) bond motifs is 4. The normalized spacial score (nSPS) is 23.4. The van der Waals surface area contributed by atoms with Crippen LogP contribution in [0.4, 0.5) is 14.6 Å². The number of aromatic nitrogens is 3. The summed E-state index contributed by atoms with van der Waals surface area (Å²) in [4.78, 5) is 39.4. The molecule has 8 rings (SSSR count). The van der Waals surface area contributed by atoms with E-state index < -0.39 is 23.5 Å². The minimum absolute atomic E-state index is 0.0736. The van der Waals surface area contributed by atoms with E-state index in [1.54, 1.807) is 41.4 Å². The molecule has 222 valence electrons. The summed E-state index contributed by atoms with van der Waals surface area (Å²) >= 11 is 0. The standard InChI is InChI=1S/C32H31F2N5O4/c33-21-13-22-23(16-35-29(22)24(34)14-21)30-36-25(17-1-7-20(8-2-17)31(40)39-9-11-43-12-10-39)15-26(38-30)37-28-19-5-3-18(4-6-19)27(28)32(41)42/h1-2,7-8,13-16,18-19,27-28,35H,3-6,9-12H2,(H,41,42)(H,36,37,38). The molecule has 4 aromatic rings. The Morgan fingerprint density at radius 1 is 0.977 bits per heavy atom. The Morgan fingerprint density at radius 2 is 1.70 bits per heavy atom. The van der Waals surface area contributed by atoms with Gasteiger partial charge in [0.25, 0.3) is 5.91 Å². The summed E-state index contributed by atoms with van der Waals surface area (Å²) in [6.45, 7) is 2.10. The van der Waals surface area contributed by atoms with Crippen LogP contribution in [0, 0.1) is 29.4 Å². The predicted octanol–water partition coefficient (Wildman–Crippen LogP) is 5.34. The van der Waals surface area contributed by atoms with Gasteiger partial charge in [0, 0.05) is 59.5 Å². The van der Waals surface area contributed by atoms with Crippen LogP contribution in [0.15, 0.2) is 48.7 Å². The summed E-state index contributed by atoms with van der Waals surface area (Å²) < 4.78 is 34.1. The number of anilines is 1. The third-order valence-corrected chi connectivity index (χ3v) is 9.22. The molecule has 43 heavy (non-hydrogen) atoms. The summed E-state index contributed by atoms with van der Waals surface area (Å²) in [7, 11) is 0. The number of carbonyl (C=O) groups excluding carboxylic acids is 1. The number of halogens is 2. The van der Waals surface area contributed by atoms with Crippen LogP contribution in [0.1, 0.15) is 36.0 Å². The van der Waals surface area contributed by atoms with E-state index in [1.165, 1.54) is 6.07 Å². The van der Waals surface area contributed by atoms with Crippen LogP contribution in [0.2, 0.25) is 0 Å². The molecule has 1 amide bonds. The highest BCUT2D eigenvalue weighted by Gasteiger charge is 2.47. The zero-order chi connectivity index (χ0) is 29.7. The Labute approximate surface area is 246 Å². The number of hydrogen-bond donors (Lipinski definition) is 3. The van der Waals surface area contributed by atoms with Crippen LogP contribution in [-0.2, 0) is 9.53 Å². The highest BCUT2D eigenvalue weighted by atomic mass is 19.1. The molecule has 4 fully saturated rings. The fourth-order valence-corrected chi connectivity index (χ4v) is 7.05. The molecule has 3 saturated carbocycles. The van der Waals surface area contributed by atoms with E-state index in [-0.39, 0.29) is 35.1 Å². The van der Waals surface area contributed by atoms with Crippen LogP contribution in [0.25, 0.3) is 33.5 Å². The molecule has 2 aromatic heterocycles. The van der Waals surface area contributed by atoms with Crippen molar-refractivity contribution in [1.82, 2.24) is 19.9 Å². The van der Waals surface area contributed by atoms with E-state index in [1.807, 2.05) is 0 Å². The molecule has 3 heterocycles. The molecule has 3 N–H and O–H groups in total. The van der Waals surface area contributed by atoms with Crippen molar-refractivity contribution in [1.29, 1.82) is 0 Å². The highest BCUT2D eigenvalue weighted by molar-refractivity contribution is 5.96. The number of aliphatic carboxylic acids is 1. The summed E-state index contributed by atoms with van der Waals surface area (Å²) in [6.07, 6.45) is 5.26. The highest BCUT2D eigenvalue weighted by Crippen LogP contribution is 2.46. The van der Waals surface area contributed by atoms with E-state index in [4.69, 9.17) is 14.7 Å². The van der Waals surface area contributed by atoms with Crippen molar-refractivity contribution >= 4 is 28.6 Å². The third-order valence-electron chi connectivity index (χ3n) is 9.22. The van der Waals surface area contributed by atoms with E-state index in [9.17, 15) is 23.5 Å². The van der Waals surface area contributed by atoms with Gasteiger partial charge < -0.3 is 25.0 Å². The van der Waals surface area contributed by atoms with Gasteiger partial charge in [0.1, 0.15) is 17.5 Å². The summed E-state index contributed by atoms with van der Waals surface area (Å²) in [5, 5.41) is 13.8. The van der Waals surface area contributed by atoms with Gasteiger partial charge >= 0.3 is 5.97 Å². The lowest BCUT2D eigenvalue weighted by atomic mass is 9.61. The number of hydrogen-bond acceptors (Lipinski definition) is 6. The number of carboxylic acid groups (broad SMARTS) is 1. The number of benzene rings is 2. The summed E-state index contributed by atoms with van der Waals surface area (Å²) in [5.74, 6) is -1.88. The molecule has 0 radical (unpaired) electrons. The molecule has 2 bridgehead atoms. The maximum absolute atomic E-state index is 14.5. The van der Waals surface area contributed by atoms with Gasteiger partial charge in [0.2, 0.25) is 0 Å². The first-order chi connectivity index (χ1) is 20.9. The Bertz CT molecular complexity index is 1690. The largest absolute Gasteiger partial charge is 0.481 e. The number of nitrogens with one attached hydrogen (secondary N) is 2. The lowest BCUT2D eigenvalue weighted by Gasteiger charge is -2.47. The first-order valence-electron chi connectivity index (χ1n) is 14.7. The number of carbonyl (C=O) groups is 2. The Kier molecular flexibility index (Phi) is 7.04. The van der Waals surface area contributed by atoms with Crippen molar-refractivity contribution in [2.24, 2.45) is 17.8 Å². The molecule has 11 heteroatoms. The lowest BCUT2D eigenvalue weighted by molar-refractivity contribution is -0.148. The first-order valence-corrected chi connectivity index (χ1v) is 14.7. The molecule has 2 unspecified atom stereocenters. The Balaban J connectivity index is 1.28. The monoisotopic (exact) mass is 587 g/mol. The Morgan fingerprint density at radius 3 is 2.42 bits per heavy atom. The Hall–Kier alpha value is -4.38. The number of nitrogens with zero attached hydrogens (tertiary/aromatic N) is 3. The third kappa shape index (κ3) is 5.11. The molecule has 2 atom stereocenters. The van der Waals surface area contributed by atoms with Crippen molar-refractivity contribution in [2.45, 2.75) is 31.7 Å². The topological polar surface area (TPSA) is 120 Å². The zero-order valence-electron chi connectivity index (χ0n) is 23.4. The van der Waals surface area contributed by atoms with Gasteiger partial charge in [-0.05, 0) is 55.7 Å². The second kappa shape index (κ2) is 11.0. The van der Waals surface area contributed by atoms with E-state index >= 15 is 0 Å². The number of ether oxygens (including phenoxy) is 1. The SMILES string of the molecule is O=C(O)C1C2CCC(CC2)C1Nc1cc(-c2ccc(C(=O)N3CCOCC3)cc2)nc(-c2c[nH]c3c(F)cc(F)cc23)n1. The zero-order valence-corrected chi connectivity index (χ0v) is 23.4. The molecule has 1 aliphatic heterocycles. The van der Waals surface area contributed by atoms with Crippen molar-refractivity contribution in [3.63, 3.8) is 0 Å². The minimum atomic E-state index is -0.815. The van der Waals surface area contributed by atoms with Gasteiger partial charge in [-0.3, -0.25) is 9.59 Å². The van der Waals surface area contributed by atoms with Crippen molar-refractivity contribution in [3.05, 3.63) is 65.9 Å². The average molecular weight is 588 g/mol. The number of H-pyrrole nitrogens is 1. The second-order valence-electron chi connectivity index (χ2n) is 11.7. The molecular formula is C32H31F2N5O4. The summed E-state index contributed by atoms with van der Waals surface area (Å²) in [6, 6.07) is 10.6. The van der Waals surface area contributed by atoms with Crippen LogP contribution >= 0.6 is 0 Å². The first kappa shape index (κ1) is 27.5. The van der Waals surface area contributed by atoms with Gasteiger partial charge in [-0.1, -0.05) is 12.1 Å². The smallest absolute Gasteiger partial charge is 0.308 e. The van der Waals surface area contributed by atoms with E-state index in [0.717, 1.165) is 31.7 Å². The predicted molar refractivity (Wildman–Crippen MR) is 155 cm³/mol. The van der Waals surface area contributed by atoms with Gasteiger partial charge in [-0.2, -0.15) is 0 Å². The van der Waals surface area contributed by atoms with Gasteiger partial charge in [-0.15, -0.1) is 0 Å². The number of amides is 1. The summed E-state index contributed by atoms with van der Waals surface area (Å²) in [5.41, 5.74) is 2.33. The van der Waals surface area contributed by atoms with Gasteiger partial charge in [0.15, 0.2) is 5.82 Å². The van der Waals surface area contributed by atoms with Crippen LogP contribution in [-0.4, -0.2) is 69.2 Å². The van der Waals surface area contributed by atoms with E-state index in [0.29, 0.717) is 59.9 Å². The van der Waals surface area contributed by atoms with Crippen LogP contribution in [0.5, 0.6) is 0 Å². The maximum atomic E-state index is 14.5. The molecule has 1 saturated heterocycles. The van der Waals surface area contributed by atoms with Crippen molar-refractivity contribution in [3.8, 4) is 22.6 Å². The quantitative estimate of drug-likeness (QED) is 0.278. The maximum Gasteiger partial charge on any atom is 0.308 e. The van der Waals surface area contributed by atoms with Crippen LogP contribution < -0.4 is 5.32 Å². The average Bonchev–Trinajstić information content (AvgIpc) is 3.46. The molecule has 4 aliphatic rings. The van der Waals surface area contributed by atoms with Gasteiger partial charge in [-0.25, -0.2) is 18.7 Å². The van der Waals surface area contributed by atoms with Crippen molar-refractivity contribution < 1.29 is 28.2 Å². The molecule has 3 aliphatic carbocycles.